The van der Waals surface area contributed by atoms with Crippen molar-refractivity contribution in [3.05, 3.63) is 0 Å². The predicted octanol–water partition coefficient (Wildman–Crippen LogP) is 1.08. The molecule has 1 atom stereocenters. The van der Waals surface area contributed by atoms with Gasteiger partial charge in [-0.15, -0.1) is 0 Å². The summed E-state index contributed by atoms with van der Waals surface area (Å²) in [6, 6.07) is 0.615. The number of piperidine rings is 1. The first-order valence-electron chi connectivity index (χ1n) is 6.12. The van der Waals surface area contributed by atoms with Crippen molar-refractivity contribution >= 4 is 6.03 Å². The number of carbonyl (C=O) groups is 1. The molecule has 4 heteroatoms. The maximum Gasteiger partial charge on any atom is 0.320 e. The molecular weight excluding hydrogens is 202 g/mol. The second-order valence-electron chi connectivity index (χ2n) is 5.93. The molecule has 0 spiro atoms. The van der Waals surface area contributed by atoms with Gasteiger partial charge in [0.05, 0.1) is 0 Å². The molecule has 16 heavy (non-hydrogen) atoms. The SMILES string of the molecule is CN1CCC(N2CCN(C)C2=O)C(C)(C)C1. The fraction of sp³-hybridized carbons (Fsp3) is 0.917. The summed E-state index contributed by atoms with van der Waals surface area (Å²) in [6.07, 6.45) is 1.10. The number of hydrogen-bond acceptors (Lipinski definition) is 2. The van der Waals surface area contributed by atoms with Gasteiger partial charge in [0.15, 0.2) is 0 Å². The molecule has 2 amide bonds. The van der Waals surface area contributed by atoms with Crippen molar-refractivity contribution in [1.29, 1.82) is 0 Å². The number of likely N-dealkylation sites (N-methyl/N-ethyl adjacent to an activating group) is 1. The van der Waals surface area contributed by atoms with Crippen molar-refractivity contribution in [1.82, 2.24) is 14.7 Å². The molecule has 1 unspecified atom stereocenters. The summed E-state index contributed by atoms with van der Waals surface area (Å²) < 4.78 is 0. The van der Waals surface area contributed by atoms with Crippen molar-refractivity contribution in [3.8, 4) is 0 Å². The molecular formula is C12H23N3O. The van der Waals surface area contributed by atoms with E-state index in [4.69, 9.17) is 0 Å². The second kappa shape index (κ2) is 3.91. The molecule has 0 radical (unpaired) electrons. The van der Waals surface area contributed by atoms with Crippen LogP contribution in [0.2, 0.25) is 0 Å². The Morgan fingerprint density at radius 2 is 1.88 bits per heavy atom. The lowest BCUT2D eigenvalue weighted by Crippen LogP contribution is -2.55. The summed E-state index contributed by atoms with van der Waals surface area (Å²) in [5.74, 6) is 0. The molecule has 2 aliphatic heterocycles. The fourth-order valence-electron chi connectivity index (χ4n) is 3.15. The van der Waals surface area contributed by atoms with Gasteiger partial charge >= 0.3 is 6.03 Å². The number of likely N-dealkylation sites (tertiary alicyclic amines) is 1. The molecule has 0 saturated carbocycles. The number of nitrogens with zero attached hydrogens (tertiary/aromatic N) is 3. The zero-order valence-electron chi connectivity index (χ0n) is 10.9. The lowest BCUT2D eigenvalue weighted by Gasteiger charge is -2.46. The Bertz CT molecular complexity index is 290. The van der Waals surface area contributed by atoms with Gasteiger partial charge in [-0.1, -0.05) is 13.8 Å². The Hall–Kier alpha value is -0.770. The second-order valence-corrected chi connectivity index (χ2v) is 5.93. The van der Waals surface area contributed by atoms with Crippen molar-refractivity contribution in [2.24, 2.45) is 5.41 Å². The molecule has 2 rings (SSSR count). The topological polar surface area (TPSA) is 26.8 Å². The van der Waals surface area contributed by atoms with E-state index in [-0.39, 0.29) is 11.4 Å². The fourth-order valence-corrected chi connectivity index (χ4v) is 3.15. The Morgan fingerprint density at radius 3 is 2.38 bits per heavy atom. The highest BCUT2D eigenvalue weighted by atomic mass is 16.2. The number of hydrogen-bond donors (Lipinski definition) is 0. The van der Waals surface area contributed by atoms with Crippen molar-refractivity contribution in [3.63, 3.8) is 0 Å². The van der Waals surface area contributed by atoms with Gasteiger partial charge in [-0.05, 0) is 25.4 Å². The average Bonchev–Trinajstić information content (AvgIpc) is 2.47. The third-order valence-corrected chi connectivity index (χ3v) is 3.99. The molecule has 2 heterocycles. The molecule has 2 saturated heterocycles. The molecule has 0 aliphatic carbocycles. The minimum Gasteiger partial charge on any atom is -0.326 e. The van der Waals surface area contributed by atoms with E-state index in [2.05, 4.69) is 30.7 Å². The Labute approximate surface area is 98.2 Å². The van der Waals surface area contributed by atoms with Crippen LogP contribution in [0.5, 0.6) is 0 Å². The lowest BCUT2D eigenvalue weighted by atomic mass is 9.78. The van der Waals surface area contributed by atoms with Crippen LogP contribution in [0, 0.1) is 5.41 Å². The summed E-state index contributed by atoms with van der Waals surface area (Å²) >= 11 is 0. The molecule has 0 aromatic carbocycles. The molecule has 4 nitrogen and oxygen atoms in total. The van der Waals surface area contributed by atoms with E-state index in [1.165, 1.54) is 0 Å². The number of rotatable bonds is 1. The summed E-state index contributed by atoms with van der Waals surface area (Å²) in [4.78, 5) is 18.3. The van der Waals surface area contributed by atoms with Gasteiger partial charge in [-0.3, -0.25) is 0 Å². The van der Waals surface area contributed by atoms with Gasteiger partial charge < -0.3 is 14.7 Å². The van der Waals surface area contributed by atoms with E-state index < -0.39 is 0 Å². The first-order chi connectivity index (χ1) is 7.42. The predicted molar refractivity (Wildman–Crippen MR) is 64.4 cm³/mol. The maximum absolute atomic E-state index is 12.0. The summed E-state index contributed by atoms with van der Waals surface area (Å²) in [6.45, 7) is 8.50. The number of urea groups is 1. The Kier molecular flexibility index (Phi) is 2.86. The Balaban J connectivity index is 2.12. The number of carbonyl (C=O) groups excluding carboxylic acids is 1. The first-order valence-corrected chi connectivity index (χ1v) is 6.12. The van der Waals surface area contributed by atoms with Gasteiger partial charge in [0.1, 0.15) is 0 Å². The third-order valence-electron chi connectivity index (χ3n) is 3.99. The van der Waals surface area contributed by atoms with Crippen LogP contribution in [0.1, 0.15) is 20.3 Å². The molecule has 92 valence electrons. The van der Waals surface area contributed by atoms with Crippen molar-refractivity contribution in [2.75, 3.05) is 40.3 Å². The van der Waals surface area contributed by atoms with Gasteiger partial charge in [0.2, 0.25) is 0 Å². The minimum absolute atomic E-state index is 0.202. The standard InChI is InChI=1S/C12H23N3O/c1-12(2)9-13(3)6-5-10(12)15-8-7-14(4)11(15)16/h10H,5-9H2,1-4H3. The molecule has 2 aliphatic rings. The van der Waals surface area contributed by atoms with E-state index in [9.17, 15) is 4.79 Å². The summed E-state index contributed by atoms with van der Waals surface area (Å²) in [7, 11) is 4.06. The van der Waals surface area contributed by atoms with E-state index in [0.29, 0.717) is 6.04 Å². The van der Waals surface area contributed by atoms with E-state index in [1.54, 1.807) is 0 Å². The highest BCUT2D eigenvalue weighted by Crippen LogP contribution is 2.34. The molecule has 0 bridgehead atoms. The van der Waals surface area contributed by atoms with Crippen LogP contribution in [-0.2, 0) is 0 Å². The zero-order valence-corrected chi connectivity index (χ0v) is 10.9. The third kappa shape index (κ3) is 1.90. The smallest absolute Gasteiger partial charge is 0.320 e. The van der Waals surface area contributed by atoms with Crippen LogP contribution in [0.15, 0.2) is 0 Å². The van der Waals surface area contributed by atoms with Crippen LogP contribution in [0.4, 0.5) is 4.79 Å². The summed E-state index contributed by atoms with van der Waals surface area (Å²) in [5, 5.41) is 0. The number of amides is 2. The van der Waals surface area contributed by atoms with E-state index in [0.717, 1.165) is 32.6 Å². The van der Waals surface area contributed by atoms with Crippen LogP contribution in [0.25, 0.3) is 0 Å². The molecule has 0 aromatic heterocycles. The zero-order chi connectivity index (χ0) is 11.9. The van der Waals surface area contributed by atoms with Crippen LogP contribution in [-0.4, -0.2) is 67.0 Å². The highest BCUT2D eigenvalue weighted by molar-refractivity contribution is 5.76. The van der Waals surface area contributed by atoms with Gasteiger partial charge in [0, 0.05) is 32.7 Å². The average molecular weight is 225 g/mol. The normalized spacial score (nSPS) is 31.2. The van der Waals surface area contributed by atoms with Crippen molar-refractivity contribution < 1.29 is 4.79 Å². The van der Waals surface area contributed by atoms with E-state index >= 15 is 0 Å². The maximum atomic E-state index is 12.0. The van der Waals surface area contributed by atoms with Crippen LogP contribution in [0.3, 0.4) is 0 Å². The first kappa shape index (κ1) is 11.7. The lowest BCUT2D eigenvalue weighted by molar-refractivity contribution is 0.0422. The molecule has 0 aromatic rings. The highest BCUT2D eigenvalue weighted by Gasteiger charge is 2.42. The minimum atomic E-state index is 0.202. The van der Waals surface area contributed by atoms with Crippen molar-refractivity contribution in [2.45, 2.75) is 26.3 Å². The molecule has 2 fully saturated rings. The van der Waals surface area contributed by atoms with Gasteiger partial charge in [-0.25, -0.2) is 4.79 Å². The van der Waals surface area contributed by atoms with Gasteiger partial charge in [0.25, 0.3) is 0 Å². The van der Waals surface area contributed by atoms with Gasteiger partial charge in [-0.2, -0.15) is 0 Å². The molecule has 0 N–H and O–H groups in total. The monoisotopic (exact) mass is 225 g/mol. The summed E-state index contributed by atoms with van der Waals surface area (Å²) in [5.41, 5.74) is 0.202. The van der Waals surface area contributed by atoms with Crippen LogP contribution < -0.4 is 0 Å². The largest absolute Gasteiger partial charge is 0.326 e. The quantitative estimate of drug-likeness (QED) is 0.668. The van der Waals surface area contributed by atoms with Crippen LogP contribution >= 0.6 is 0 Å². The van der Waals surface area contributed by atoms with E-state index in [1.807, 2.05) is 11.9 Å². The Morgan fingerprint density at radius 1 is 1.19 bits per heavy atom.